The van der Waals surface area contributed by atoms with Gasteiger partial charge in [-0.15, -0.1) is 11.3 Å². The van der Waals surface area contributed by atoms with E-state index in [2.05, 4.69) is 15.6 Å². The van der Waals surface area contributed by atoms with E-state index in [-0.39, 0.29) is 11.7 Å². The summed E-state index contributed by atoms with van der Waals surface area (Å²) in [6.45, 7) is 2.45. The molecule has 0 aliphatic carbocycles. The lowest BCUT2D eigenvalue weighted by Gasteiger charge is -2.06. The van der Waals surface area contributed by atoms with Gasteiger partial charge >= 0.3 is 12.0 Å². The third-order valence-corrected chi connectivity index (χ3v) is 3.46. The summed E-state index contributed by atoms with van der Waals surface area (Å²) >= 11 is 1.62. The summed E-state index contributed by atoms with van der Waals surface area (Å²) in [6.07, 6.45) is 1.30. The number of carbonyl (C=O) groups excluding carboxylic acids is 1. The number of hydrogen-bond donors (Lipinski definition) is 3. The third kappa shape index (κ3) is 3.79. The maximum atomic E-state index is 11.6. The molecule has 104 valence electrons. The number of carboxylic acid groups (broad SMARTS) is 1. The largest absolute Gasteiger partial charge is 0.477 e. The molecule has 0 unspecified atom stereocenters. The summed E-state index contributed by atoms with van der Waals surface area (Å²) in [5.74, 6) is -1.10. The van der Waals surface area contributed by atoms with Crippen LogP contribution in [0.1, 0.15) is 20.2 Å². The number of aryl methyl sites for hydroxylation is 1. The molecule has 20 heavy (non-hydrogen) atoms. The Morgan fingerprint density at radius 1 is 1.30 bits per heavy atom. The SMILES string of the molecule is Cc1ccc(CNC(=O)Nc2ccc(C(=O)O)nc2)s1. The van der Waals surface area contributed by atoms with E-state index in [0.717, 1.165) is 4.88 Å². The van der Waals surface area contributed by atoms with Gasteiger partial charge in [-0.1, -0.05) is 0 Å². The van der Waals surface area contributed by atoms with E-state index >= 15 is 0 Å². The Hall–Kier alpha value is -2.41. The van der Waals surface area contributed by atoms with Crippen molar-refractivity contribution in [2.24, 2.45) is 0 Å². The number of amides is 2. The fraction of sp³-hybridized carbons (Fsp3) is 0.154. The van der Waals surface area contributed by atoms with Gasteiger partial charge in [0.15, 0.2) is 0 Å². The fourth-order valence-electron chi connectivity index (χ4n) is 1.52. The molecule has 0 saturated heterocycles. The van der Waals surface area contributed by atoms with Crippen molar-refractivity contribution >= 4 is 29.0 Å². The molecule has 2 amide bonds. The minimum absolute atomic E-state index is 0.0648. The average molecular weight is 291 g/mol. The molecule has 0 fully saturated rings. The third-order valence-electron chi connectivity index (χ3n) is 2.46. The normalized spacial score (nSPS) is 10.1. The number of nitrogens with zero attached hydrogens (tertiary/aromatic N) is 1. The minimum atomic E-state index is -1.10. The van der Waals surface area contributed by atoms with Crippen LogP contribution in [0.3, 0.4) is 0 Å². The molecular weight excluding hydrogens is 278 g/mol. The quantitative estimate of drug-likeness (QED) is 0.807. The van der Waals surface area contributed by atoms with E-state index in [1.54, 1.807) is 11.3 Å². The molecule has 0 atom stereocenters. The maximum Gasteiger partial charge on any atom is 0.354 e. The van der Waals surface area contributed by atoms with Gasteiger partial charge in [0, 0.05) is 9.75 Å². The van der Waals surface area contributed by atoms with Crippen molar-refractivity contribution in [3.63, 3.8) is 0 Å². The van der Waals surface area contributed by atoms with Crippen LogP contribution in [0.2, 0.25) is 0 Å². The first kappa shape index (κ1) is 14.0. The Labute approximate surface area is 119 Å². The van der Waals surface area contributed by atoms with Crippen LogP contribution < -0.4 is 10.6 Å². The number of hydrogen-bond acceptors (Lipinski definition) is 4. The van der Waals surface area contributed by atoms with Gasteiger partial charge < -0.3 is 15.7 Å². The number of carbonyl (C=O) groups is 2. The number of carboxylic acids is 1. The summed E-state index contributed by atoms with van der Waals surface area (Å²) in [5, 5.41) is 14.0. The molecule has 0 spiro atoms. The number of pyridine rings is 1. The van der Waals surface area contributed by atoms with E-state index in [1.807, 2.05) is 19.1 Å². The lowest BCUT2D eigenvalue weighted by atomic mass is 10.3. The van der Waals surface area contributed by atoms with Crippen molar-refractivity contribution in [2.45, 2.75) is 13.5 Å². The van der Waals surface area contributed by atoms with E-state index in [9.17, 15) is 9.59 Å². The Bertz CT molecular complexity index is 622. The number of rotatable bonds is 4. The highest BCUT2D eigenvalue weighted by molar-refractivity contribution is 7.11. The van der Waals surface area contributed by atoms with Crippen molar-refractivity contribution in [1.82, 2.24) is 10.3 Å². The number of urea groups is 1. The monoisotopic (exact) mass is 291 g/mol. The minimum Gasteiger partial charge on any atom is -0.477 e. The zero-order chi connectivity index (χ0) is 14.5. The van der Waals surface area contributed by atoms with Crippen LogP contribution in [-0.2, 0) is 6.54 Å². The molecule has 6 nitrogen and oxygen atoms in total. The van der Waals surface area contributed by atoms with Gasteiger partial charge in [0.1, 0.15) is 5.69 Å². The van der Waals surface area contributed by atoms with E-state index in [0.29, 0.717) is 12.2 Å². The highest BCUT2D eigenvalue weighted by Gasteiger charge is 2.06. The number of nitrogens with one attached hydrogen (secondary N) is 2. The molecule has 2 aromatic heterocycles. The topological polar surface area (TPSA) is 91.3 Å². The molecule has 0 aliphatic rings. The smallest absolute Gasteiger partial charge is 0.354 e. The molecule has 2 heterocycles. The number of aromatic nitrogens is 1. The highest BCUT2D eigenvalue weighted by Crippen LogP contribution is 2.14. The lowest BCUT2D eigenvalue weighted by molar-refractivity contribution is 0.0690. The van der Waals surface area contributed by atoms with Gasteiger partial charge in [-0.3, -0.25) is 0 Å². The second-order valence-corrected chi connectivity index (χ2v) is 5.43. The first-order valence-electron chi connectivity index (χ1n) is 5.84. The van der Waals surface area contributed by atoms with Crippen molar-refractivity contribution in [2.75, 3.05) is 5.32 Å². The van der Waals surface area contributed by atoms with Crippen molar-refractivity contribution < 1.29 is 14.7 Å². The van der Waals surface area contributed by atoms with Gasteiger partial charge in [0.2, 0.25) is 0 Å². The standard InChI is InChI=1S/C13H13N3O3S/c1-8-2-4-10(20-8)7-15-13(19)16-9-3-5-11(12(17)18)14-6-9/h2-6H,7H2,1H3,(H,17,18)(H2,15,16,19). The summed E-state index contributed by atoms with van der Waals surface area (Å²) in [7, 11) is 0. The van der Waals surface area contributed by atoms with E-state index in [1.165, 1.54) is 23.2 Å². The predicted molar refractivity (Wildman–Crippen MR) is 76.1 cm³/mol. The van der Waals surface area contributed by atoms with Crippen LogP contribution in [0.5, 0.6) is 0 Å². The van der Waals surface area contributed by atoms with Gasteiger partial charge in [-0.2, -0.15) is 0 Å². The van der Waals surface area contributed by atoms with Gasteiger partial charge in [0.25, 0.3) is 0 Å². The number of thiophene rings is 1. The molecule has 2 aromatic rings. The van der Waals surface area contributed by atoms with Crippen LogP contribution >= 0.6 is 11.3 Å². The molecule has 0 radical (unpaired) electrons. The molecule has 0 aromatic carbocycles. The molecular formula is C13H13N3O3S. The van der Waals surface area contributed by atoms with Gasteiger partial charge in [-0.25, -0.2) is 14.6 Å². The Morgan fingerprint density at radius 2 is 2.10 bits per heavy atom. The number of aromatic carboxylic acids is 1. The van der Waals surface area contributed by atoms with E-state index in [4.69, 9.17) is 5.11 Å². The highest BCUT2D eigenvalue weighted by atomic mass is 32.1. The zero-order valence-electron chi connectivity index (χ0n) is 10.7. The Balaban J connectivity index is 1.86. The lowest BCUT2D eigenvalue weighted by Crippen LogP contribution is -2.27. The molecule has 3 N–H and O–H groups in total. The second-order valence-electron chi connectivity index (χ2n) is 4.06. The number of anilines is 1. The maximum absolute atomic E-state index is 11.6. The first-order chi connectivity index (χ1) is 9.54. The first-order valence-corrected chi connectivity index (χ1v) is 6.66. The molecule has 2 rings (SSSR count). The predicted octanol–water partition coefficient (Wildman–Crippen LogP) is 2.47. The Kier molecular flexibility index (Phi) is 4.31. The molecule has 0 bridgehead atoms. The fourth-order valence-corrected chi connectivity index (χ4v) is 2.35. The summed E-state index contributed by atoms with van der Waals surface area (Å²) in [6, 6.07) is 6.42. The molecule has 7 heteroatoms. The summed E-state index contributed by atoms with van der Waals surface area (Å²) in [4.78, 5) is 28.3. The molecule has 0 aliphatic heterocycles. The van der Waals surface area contributed by atoms with Crippen LogP contribution in [0.25, 0.3) is 0 Å². The van der Waals surface area contributed by atoms with Crippen molar-refractivity contribution in [3.05, 3.63) is 45.9 Å². The Morgan fingerprint density at radius 3 is 2.65 bits per heavy atom. The van der Waals surface area contributed by atoms with Gasteiger partial charge in [-0.05, 0) is 31.2 Å². The van der Waals surface area contributed by atoms with Crippen LogP contribution in [0.4, 0.5) is 10.5 Å². The average Bonchev–Trinajstić information content (AvgIpc) is 2.83. The van der Waals surface area contributed by atoms with Crippen LogP contribution in [-0.4, -0.2) is 22.1 Å². The zero-order valence-corrected chi connectivity index (χ0v) is 11.5. The summed E-state index contributed by atoms with van der Waals surface area (Å²) in [5.41, 5.74) is 0.375. The van der Waals surface area contributed by atoms with Gasteiger partial charge in [0.05, 0.1) is 18.4 Å². The molecule has 0 saturated carbocycles. The van der Waals surface area contributed by atoms with Crippen molar-refractivity contribution in [3.8, 4) is 0 Å². The summed E-state index contributed by atoms with van der Waals surface area (Å²) < 4.78 is 0. The van der Waals surface area contributed by atoms with Crippen LogP contribution in [0.15, 0.2) is 30.5 Å². The van der Waals surface area contributed by atoms with Crippen molar-refractivity contribution in [1.29, 1.82) is 0 Å². The van der Waals surface area contributed by atoms with Crippen LogP contribution in [0, 0.1) is 6.92 Å². The van der Waals surface area contributed by atoms with E-state index < -0.39 is 5.97 Å². The second kappa shape index (κ2) is 6.16.